The van der Waals surface area contributed by atoms with E-state index in [2.05, 4.69) is 10.2 Å². The molecule has 18 heteroatoms. The van der Waals surface area contributed by atoms with Gasteiger partial charge in [-0.05, 0) is 59.7 Å². The first-order valence-corrected chi connectivity index (χ1v) is 18.7. The first-order chi connectivity index (χ1) is 26.4. The van der Waals surface area contributed by atoms with Gasteiger partial charge in [-0.1, -0.05) is 6.07 Å². The van der Waals surface area contributed by atoms with Gasteiger partial charge >= 0.3 is 5.97 Å². The predicted molar refractivity (Wildman–Crippen MR) is 195 cm³/mol. The van der Waals surface area contributed by atoms with Crippen molar-refractivity contribution in [2.24, 2.45) is 0 Å². The minimum atomic E-state index is -3.92. The van der Waals surface area contributed by atoms with Crippen molar-refractivity contribution >= 4 is 27.6 Å². The third-order valence-corrected chi connectivity index (χ3v) is 9.44. The van der Waals surface area contributed by atoms with Crippen molar-refractivity contribution in [3.63, 3.8) is 0 Å². The molecule has 298 valence electrons. The van der Waals surface area contributed by atoms with E-state index >= 15 is 0 Å². The zero-order chi connectivity index (χ0) is 39.6. The molecule has 6 rings (SSSR count). The molecule has 3 aromatic carbocycles. The highest BCUT2D eigenvalue weighted by Crippen LogP contribution is 2.48. The van der Waals surface area contributed by atoms with Crippen LogP contribution in [0, 0.1) is 0 Å². The second-order valence-electron chi connectivity index (χ2n) is 12.3. The molecule has 0 aliphatic carbocycles. The molecule has 0 aromatic heterocycles. The minimum absolute atomic E-state index is 0.0283. The summed E-state index contributed by atoms with van der Waals surface area (Å²) in [5.41, 5.74) is 1.84. The van der Waals surface area contributed by atoms with Gasteiger partial charge in [0.2, 0.25) is 12.5 Å². The lowest BCUT2D eigenvalue weighted by Gasteiger charge is -2.26. The molecule has 3 heterocycles. The summed E-state index contributed by atoms with van der Waals surface area (Å²) in [6.07, 6.45) is 0.0283. The molecule has 0 spiro atoms. The number of cyclic esters (lactones) is 1. The van der Waals surface area contributed by atoms with Crippen LogP contribution in [0.3, 0.4) is 0 Å². The molecule has 4 N–H and O–H groups in total. The highest BCUT2D eigenvalue weighted by molar-refractivity contribution is 7.85. The number of hydrogen-bond acceptors (Lipinski definition) is 15. The van der Waals surface area contributed by atoms with Crippen molar-refractivity contribution in [2.75, 3.05) is 86.5 Å². The Morgan fingerprint density at radius 2 is 1.65 bits per heavy atom. The van der Waals surface area contributed by atoms with Crippen LogP contribution < -0.4 is 33.7 Å². The molecule has 0 radical (unpaired) electrons. The van der Waals surface area contributed by atoms with E-state index in [4.69, 9.17) is 47.6 Å². The van der Waals surface area contributed by atoms with Gasteiger partial charge in [-0.3, -0.25) is 14.2 Å². The minimum Gasteiger partial charge on any atom is -0.497 e. The number of morpholine rings is 1. The largest absolute Gasteiger partial charge is 0.497 e. The highest BCUT2D eigenvalue weighted by Gasteiger charge is 2.48. The SMILES string of the molecule is COc1ccc(C2(O)OC(=O)C(c3ccc4c(c3)OCO4)=C2Cc2cc(OC)c(OC)c(OCC(=O)NCCN3CCOCC3)c2)cc1.O=S(=O)(O)CCO. The second kappa shape index (κ2) is 18.5. The fourth-order valence-corrected chi connectivity index (χ4v) is 6.26. The summed E-state index contributed by atoms with van der Waals surface area (Å²) >= 11 is 0. The molecule has 1 saturated heterocycles. The summed E-state index contributed by atoms with van der Waals surface area (Å²) in [5, 5.41) is 22.9. The van der Waals surface area contributed by atoms with E-state index in [1.165, 1.54) is 21.3 Å². The summed E-state index contributed by atoms with van der Waals surface area (Å²) in [6.45, 7) is 3.46. The molecular weight excluding hydrogens is 744 g/mol. The Morgan fingerprint density at radius 1 is 0.945 bits per heavy atom. The number of fused-ring (bicyclic) bond motifs is 1. The van der Waals surface area contributed by atoms with E-state index in [1.807, 2.05) is 0 Å². The summed E-state index contributed by atoms with van der Waals surface area (Å²) < 4.78 is 71.7. The number of amides is 1. The molecule has 17 nitrogen and oxygen atoms in total. The first kappa shape index (κ1) is 41.1. The summed E-state index contributed by atoms with van der Waals surface area (Å²) in [6, 6.07) is 15.1. The number of carbonyl (C=O) groups is 2. The summed E-state index contributed by atoms with van der Waals surface area (Å²) in [7, 11) is 0.566. The van der Waals surface area contributed by atoms with Crippen LogP contribution in [-0.4, -0.2) is 126 Å². The number of ether oxygens (including phenoxy) is 8. The monoisotopic (exact) mass is 788 g/mol. The van der Waals surface area contributed by atoms with Crippen molar-refractivity contribution < 1.29 is 70.7 Å². The Bertz CT molecular complexity index is 1960. The average molecular weight is 789 g/mol. The van der Waals surface area contributed by atoms with Crippen LogP contribution in [0.15, 0.2) is 60.2 Å². The second-order valence-corrected chi connectivity index (χ2v) is 13.9. The Labute approximate surface area is 318 Å². The topological polar surface area (TPSA) is 218 Å². The molecule has 0 saturated carbocycles. The maximum Gasteiger partial charge on any atom is 0.342 e. The number of esters is 1. The zero-order valence-electron chi connectivity index (χ0n) is 30.6. The van der Waals surface area contributed by atoms with Crippen LogP contribution in [0.4, 0.5) is 0 Å². The van der Waals surface area contributed by atoms with Crippen molar-refractivity contribution in [3.05, 3.63) is 76.9 Å². The number of methoxy groups -OCH3 is 3. The van der Waals surface area contributed by atoms with Gasteiger partial charge in [0.05, 0.1) is 52.5 Å². The summed E-state index contributed by atoms with van der Waals surface area (Å²) in [4.78, 5) is 28.5. The van der Waals surface area contributed by atoms with Gasteiger partial charge in [0.25, 0.3) is 21.8 Å². The molecule has 0 bridgehead atoms. The molecule has 1 unspecified atom stereocenters. The van der Waals surface area contributed by atoms with Crippen molar-refractivity contribution in [2.45, 2.75) is 12.2 Å². The van der Waals surface area contributed by atoms with Gasteiger partial charge in [-0.15, -0.1) is 0 Å². The number of rotatable bonds is 15. The highest BCUT2D eigenvalue weighted by atomic mass is 32.2. The molecule has 1 atom stereocenters. The average Bonchev–Trinajstić information content (AvgIpc) is 3.74. The lowest BCUT2D eigenvalue weighted by molar-refractivity contribution is -0.185. The van der Waals surface area contributed by atoms with Gasteiger partial charge in [0, 0.05) is 43.7 Å². The van der Waals surface area contributed by atoms with Gasteiger partial charge in [0.15, 0.2) is 29.6 Å². The summed E-state index contributed by atoms with van der Waals surface area (Å²) in [5.74, 6) is -1.26. The maximum absolute atomic E-state index is 13.6. The zero-order valence-corrected chi connectivity index (χ0v) is 31.4. The van der Waals surface area contributed by atoms with Gasteiger partial charge < -0.3 is 53.4 Å². The number of carbonyl (C=O) groups excluding carboxylic acids is 2. The predicted octanol–water partition coefficient (Wildman–Crippen LogP) is 1.53. The van der Waals surface area contributed by atoms with Gasteiger partial charge in [0.1, 0.15) is 5.75 Å². The fourth-order valence-electron chi connectivity index (χ4n) is 6.03. The lowest BCUT2D eigenvalue weighted by atomic mass is 9.88. The molecule has 55 heavy (non-hydrogen) atoms. The quantitative estimate of drug-likeness (QED) is 0.127. The smallest absolute Gasteiger partial charge is 0.342 e. The number of aliphatic hydroxyl groups excluding tert-OH is 1. The molecular formula is C37H44N2O15S. The van der Waals surface area contributed by atoms with Crippen LogP contribution in [0.25, 0.3) is 5.57 Å². The van der Waals surface area contributed by atoms with Gasteiger partial charge in [-0.2, -0.15) is 8.42 Å². The Kier molecular flexibility index (Phi) is 13.8. The number of hydrogen-bond donors (Lipinski definition) is 4. The van der Waals surface area contributed by atoms with Crippen molar-refractivity contribution in [1.29, 1.82) is 0 Å². The van der Waals surface area contributed by atoms with E-state index < -0.39 is 34.2 Å². The van der Waals surface area contributed by atoms with E-state index in [0.29, 0.717) is 66.0 Å². The van der Waals surface area contributed by atoms with Crippen LogP contribution in [-0.2, 0) is 41.4 Å². The molecule has 1 amide bonds. The first-order valence-electron chi connectivity index (χ1n) is 17.1. The third kappa shape index (κ3) is 10.4. The van der Waals surface area contributed by atoms with Crippen LogP contribution in [0.1, 0.15) is 16.7 Å². The van der Waals surface area contributed by atoms with E-state index in [0.717, 1.165) is 13.1 Å². The van der Waals surface area contributed by atoms with Crippen molar-refractivity contribution in [1.82, 2.24) is 10.2 Å². The molecule has 1 fully saturated rings. The van der Waals surface area contributed by atoms with Gasteiger partial charge in [-0.25, -0.2) is 4.79 Å². The van der Waals surface area contributed by atoms with E-state index in [-0.39, 0.29) is 48.4 Å². The Morgan fingerprint density at radius 3 is 2.29 bits per heavy atom. The Balaban J connectivity index is 0.000000757. The third-order valence-electron chi connectivity index (χ3n) is 8.75. The Hall–Kier alpha value is -5.11. The maximum atomic E-state index is 13.6. The fraction of sp³-hybridized carbons (Fsp3) is 0.405. The standard InChI is InChI=1S/C35H38N2O11.C2H6O4S/c1-41-25-7-5-24(6-8-25)35(40)26(32(34(39)48-35)23-4-9-27-28(19-23)47-21-46-27)16-22-17-29(42-2)33(43-3)30(18-22)45-20-31(38)36-10-11-37-12-14-44-15-13-37;3-1-2-7(4,5)6/h4-9,17-19,40H,10-16,20-21H2,1-3H3,(H,36,38);3H,1-2H2,(H,4,5,6). The lowest BCUT2D eigenvalue weighted by Crippen LogP contribution is -2.42. The van der Waals surface area contributed by atoms with Crippen LogP contribution in [0.2, 0.25) is 0 Å². The number of aliphatic hydroxyl groups is 2. The number of nitrogens with zero attached hydrogens (tertiary/aromatic N) is 1. The van der Waals surface area contributed by atoms with Crippen LogP contribution >= 0.6 is 0 Å². The number of benzene rings is 3. The van der Waals surface area contributed by atoms with Crippen LogP contribution in [0.5, 0.6) is 34.5 Å². The normalized spacial score (nSPS) is 17.9. The molecule has 3 aromatic rings. The number of nitrogens with one attached hydrogen (secondary N) is 1. The van der Waals surface area contributed by atoms with E-state index in [9.17, 15) is 23.1 Å². The molecule has 3 aliphatic rings. The molecule has 3 aliphatic heterocycles. The van der Waals surface area contributed by atoms with E-state index in [1.54, 1.807) is 54.6 Å². The van der Waals surface area contributed by atoms with Crippen molar-refractivity contribution in [3.8, 4) is 34.5 Å².